The van der Waals surface area contributed by atoms with Crippen LogP contribution in [0.1, 0.15) is 0 Å². The summed E-state index contributed by atoms with van der Waals surface area (Å²) < 4.78 is 2.07. The summed E-state index contributed by atoms with van der Waals surface area (Å²) in [4.78, 5) is 21.7. The van der Waals surface area contributed by atoms with E-state index >= 15 is 0 Å². The average Bonchev–Trinajstić information content (AvgIpc) is 3.11. The van der Waals surface area contributed by atoms with Crippen molar-refractivity contribution in [1.82, 2.24) is 9.97 Å². The van der Waals surface area contributed by atoms with Gasteiger partial charge in [-0.25, -0.2) is 14.9 Å². The van der Waals surface area contributed by atoms with Crippen LogP contribution in [0.5, 0.6) is 0 Å². The van der Waals surface area contributed by atoms with E-state index in [-0.39, 0.29) is 0 Å². The number of thiazole rings is 2. The summed E-state index contributed by atoms with van der Waals surface area (Å²) in [5, 5.41) is 1.18. The molecule has 2 aromatic heterocycles. The van der Waals surface area contributed by atoms with Crippen molar-refractivity contribution in [2.75, 3.05) is 4.90 Å². The highest BCUT2D eigenvalue weighted by atomic mass is 32.1. The van der Waals surface area contributed by atoms with Crippen molar-refractivity contribution in [2.45, 2.75) is 0 Å². The third-order valence-corrected chi connectivity index (χ3v) is 5.08. The molecule has 0 N–H and O–H groups in total. The molecule has 0 saturated carbocycles. The molecular formula is C15H8N3OS2. The molecule has 6 heteroatoms. The Balaban J connectivity index is 1.84. The number of hydrogen-bond donors (Lipinski definition) is 0. The van der Waals surface area contributed by atoms with Crippen molar-refractivity contribution in [3.8, 4) is 0 Å². The molecule has 2 heterocycles. The Labute approximate surface area is 128 Å². The second-order valence-corrected chi connectivity index (χ2v) is 6.37. The summed E-state index contributed by atoms with van der Waals surface area (Å²) in [5.74, 6) is 0. The molecular weight excluding hydrogens is 302 g/mol. The molecule has 0 aliphatic rings. The number of benzene rings is 2. The van der Waals surface area contributed by atoms with Crippen LogP contribution in [0.25, 0.3) is 20.4 Å². The van der Waals surface area contributed by atoms with Gasteiger partial charge in [0.1, 0.15) is 0 Å². The van der Waals surface area contributed by atoms with Crippen LogP contribution >= 0.6 is 22.7 Å². The molecule has 21 heavy (non-hydrogen) atoms. The molecule has 0 fully saturated rings. The molecule has 4 rings (SSSR count). The van der Waals surface area contributed by atoms with E-state index in [4.69, 9.17) is 0 Å². The third kappa shape index (κ3) is 2.09. The number of hydrogen-bond acceptors (Lipinski definition) is 5. The lowest BCUT2D eigenvalue weighted by molar-refractivity contribution is 0.556. The monoisotopic (exact) mass is 310 g/mol. The topological polar surface area (TPSA) is 46.1 Å². The van der Waals surface area contributed by atoms with Crippen LogP contribution in [0.15, 0.2) is 48.5 Å². The van der Waals surface area contributed by atoms with E-state index in [1.54, 1.807) is 0 Å². The smallest absolute Gasteiger partial charge is 0.262 e. The summed E-state index contributed by atoms with van der Waals surface area (Å²) in [6.07, 6.45) is 1.94. The van der Waals surface area contributed by atoms with Gasteiger partial charge in [0, 0.05) is 0 Å². The number of nitrogens with zero attached hydrogens (tertiary/aromatic N) is 3. The van der Waals surface area contributed by atoms with Crippen LogP contribution in [0.2, 0.25) is 0 Å². The van der Waals surface area contributed by atoms with Crippen LogP contribution in [-0.4, -0.2) is 16.4 Å². The van der Waals surface area contributed by atoms with Crippen LogP contribution in [0.3, 0.4) is 0 Å². The number of aromatic nitrogens is 2. The summed E-state index contributed by atoms with van der Waals surface area (Å²) in [6.45, 7) is 0. The number of carbonyl (C=O) groups excluding carboxylic acids is 1. The van der Waals surface area contributed by atoms with Crippen molar-refractivity contribution in [2.24, 2.45) is 0 Å². The van der Waals surface area contributed by atoms with Gasteiger partial charge in [0.25, 0.3) is 0 Å². The maximum absolute atomic E-state index is 11.4. The van der Waals surface area contributed by atoms with Crippen LogP contribution < -0.4 is 4.90 Å². The quantitative estimate of drug-likeness (QED) is 0.535. The minimum atomic E-state index is 0.588. The second-order valence-electron chi connectivity index (χ2n) is 4.36. The Bertz CT molecular complexity index is 804. The van der Waals surface area contributed by atoms with Gasteiger partial charge >= 0.3 is 6.41 Å². The van der Waals surface area contributed by atoms with Crippen LogP contribution in [0, 0.1) is 0 Å². The summed E-state index contributed by atoms with van der Waals surface area (Å²) in [7, 11) is 0. The van der Waals surface area contributed by atoms with Gasteiger partial charge < -0.3 is 0 Å². The molecule has 0 saturated heterocycles. The lowest BCUT2D eigenvalue weighted by atomic mass is 10.3. The lowest BCUT2D eigenvalue weighted by Crippen LogP contribution is -2.13. The summed E-state index contributed by atoms with van der Waals surface area (Å²) >= 11 is 2.91. The van der Waals surface area contributed by atoms with Gasteiger partial charge in [-0.2, -0.15) is 0 Å². The van der Waals surface area contributed by atoms with Crippen molar-refractivity contribution < 1.29 is 4.79 Å². The molecule has 0 bridgehead atoms. The molecule has 4 aromatic rings. The summed E-state index contributed by atoms with van der Waals surface area (Å²) in [5.41, 5.74) is 1.75. The highest BCUT2D eigenvalue weighted by Gasteiger charge is 2.18. The van der Waals surface area contributed by atoms with E-state index in [9.17, 15) is 4.79 Å². The Hall–Kier alpha value is -2.31. The van der Waals surface area contributed by atoms with Gasteiger partial charge in [-0.05, 0) is 24.3 Å². The Kier molecular flexibility index (Phi) is 2.90. The number of amides is 1. The van der Waals surface area contributed by atoms with Gasteiger partial charge in [-0.3, -0.25) is 4.79 Å². The minimum absolute atomic E-state index is 0.588. The molecule has 0 aliphatic heterocycles. The van der Waals surface area contributed by atoms with Gasteiger partial charge in [0.05, 0.1) is 20.4 Å². The van der Waals surface area contributed by atoms with E-state index in [1.165, 1.54) is 27.6 Å². The van der Waals surface area contributed by atoms with E-state index < -0.39 is 0 Å². The zero-order valence-electron chi connectivity index (χ0n) is 10.7. The maximum atomic E-state index is 11.4. The highest BCUT2D eigenvalue weighted by molar-refractivity contribution is 7.24. The Morgan fingerprint density at radius 2 is 1.29 bits per heavy atom. The molecule has 2 aromatic carbocycles. The second kappa shape index (κ2) is 4.91. The number of anilines is 2. The lowest BCUT2D eigenvalue weighted by Gasteiger charge is -2.07. The van der Waals surface area contributed by atoms with Gasteiger partial charge in [0.2, 0.25) is 0 Å². The predicted octanol–water partition coefficient (Wildman–Crippen LogP) is 4.11. The molecule has 0 spiro atoms. The zero-order chi connectivity index (χ0) is 14.2. The number of para-hydroxylation sites is 2. The normalized spacial score (nSPS) is 11.0. The SMILES string of the molecule is O=[C]N(c1nc2ccccc2s1)c1nc2ccccc2s1. The fraction of sp³-hybridized carbons (Fsp3) is 0. The minimum Gasteiger partial charge on any atom is -0.262 e. The molecule has 101 valence electrons. The number of fused-ring (bicyclic) bond motifs is 2. The van der Waals surface area contributed by atoms with E-state index in [2.05, 4.69) is 9.97 Å². The Morgan fingerprint density at radius 1 is 0.810 bits per heavy atom. The van der Waals surface area contributed by atoms with E-state index in [1.807, 2.05) is 54.9 Å². The molecule has 1 amide bonds. The van der Waals surface area contributed by atoms with Crippen molar-refractivity contribution in [3.05, 3.63) is 48.5 Å². The first-order chi connectivity index (χ1) is 10.3. The van der Waals surface area contributed by atoms with Gasteiger partial charge in [-0.1, -0.05) is 46.9 Å². The fourth-order valence-corrected chi connectivity index (χ4v) is 3.97. The summed E-state index contributed by atoms with van der Waals surface area (Å²) in [6, 6.07) is 15.6. The number of rotatable bonds is 3. The Morgan fingerprint density at radius 3 is 1.71 bits per heavy atom. The molecule has 0 aliphatic carbocycles. The molecule has 0 atom stereocenters. The van der Waals surface area contributed by atoms with Crippen molar-refractivity contribution >= 4 is 59.8 Å². The third-order valence-electron chi connectivity index (χ3n) is 3.04. The largest absolute Gasteiger partial charge is 0.325 e. The van der Waals surface area contributed by atoms with E-state index in [0.717, 1.165) is 20.4 Å². The molecule has 1 radical (unpaired) electrons. The first-order valence-corrected chi connectivity index (χ1v) is 7.87. The van der Waals surface area contributed by atoms with E-state index in [0.29, 0.717) is 10.3 Å². The first kappa shape index (κ1) is 12.4. The van der Waals surface area contributed by atoms with Crippen LogP contribution in [0.4, 0.5) is 10.3 Å². The van der Waals surface area contributed by atoms with Gasteiger partial charge in [-0.15, -0.1) is 0 Å². The van der Waals surface area contributed by atoms with Gasteiger partial charge in [0.15, 0.2) is 10.3 Å². The standard InChI is InChI=1S/C15H8N3OS2/c19-9-18(14-16-10-5-1-3-7-12(10)20-14)15-17-11-6-2-4-8-13(11)21-15/h1-8H. The van der Waals surface area contributed by atoms with Crippen molar-refractivity contribution in [3.63, 3.8) is 0 Å². The molecule has 4 nitrogen and oxygen atoms in total. The zero-order valence-corrected chi connectivity index (χ0v) is 12.3. The molecule has 0 unspecified atom stereocenters. The fourth-order valence-electron chi connectivity index (χ4n) is 2.07. The van der Waals surface area contributed by atoms with Crippen molar-refractivity contribution in [1.29, 1.82) is 0 Å². The average molecular weight is 310 g/mol. The van der Waals surface area contributed by atoms with Crippen LogP contribution in [-0.2, 0) is 4.79 Å². The predicted molar refractivity (Wildman–Crippen MR) is 87.1 cm³/mol. The maximum Gasteiger partial charge on any atom is 0.325 e. The highest BCUT2D eigenvalue weighted by Crippen LogP contribution is 2.36. The first-order valence-electron chi connectivity index (χ1n) is 6.24.